The number of rotatable bonds is 5. The predicted molar refractivity (Wildman–Crippen MR) is 80.8 cm³/mol. The summed E-state index contributed by atoms with van der Waals surface area (Å²) < 4.78 is 1.65. The number of aryl methyl sites for hydroxylation is 2. The maximum absolute atomic E-state index is 11.8. The molecule has 20 heavy (non-hydrogen) atoms. The molecule has 1 atom stereocenters. The van der Waals surface area contributed by atoms with Gasteiger partial charge in [-0.1, -0.05) is 30.7 Å². The molecule has 4 heteroatoms. The molecule has 106 valence electrons. The molecule has 0 aliphatic heterocycles. The third kappa shape index (κ3) is 3.33. The van der Waals surface area contributed by atoms with Crippen molar-refractivity contribution in [1.82, 2.24) is 14.9 Å². The van der Waals surface area contributed by atoms with Crippen LogP contribution in [0.5, 0.6) is 0 Å². The Kier molecular flexibility index (Phi) is 4.69. The van der Waals surface area contributed by atoms with Gasteiger partial charge in [0.15, 0.2) is 0 Å². The van der Waals surface area contributed by atoms with Crippen molar-refractivity contribution < 1.29 is 0 Å². The standard InChI is InChI=1S/C16H21N3O/c1-4-17-15(11-19-9-5-8-18-16(19)20)14-10-12(2)6-7-13(14)3/h5-10,15,17H,4,11H2,1-3H3. The molecule has 4 nitrogen and oxygen atoms in total. The summed E-state index contributed by atoms with van der Waals surface area (Å²) >= 11 is 0. The summed E-state index contributed by atoms with van der Waals surface area (Å²) in [5.41, 5.74) is 3.49. The van der Waals surface area contributed by atoms with E-state index < -0.39 is 0 Å². The smallest absolute Gasteiger partial charge is 0.309 e. The van der Waals surface area contributed by atoms with E-state index in [9.17, 15) is 4.79 Å². The van der Waals surface area contributed by atoms with E-state index in [2.05, 4.69) is 49.3 Å². The van der Waals surface area contributed by atoms with Crippen molar-refractivity contribution in [3.8, 4) is 0 Å². The van der Waals surface area contributed by atoms with Crippen molar-refractivity contribution in [2.45, 2.75) is 33.4 Å². The van der Waals surface area contributed by atoms with Crippen molar-refractivity contribution in [2.24, 2.45) is 0 Å². The second kappa shape index (κ2) is 6.48. The van der Waals surface area contributed by atoms with E-state index in [0.29, 0.717) is 6.54 Å². The first-order chi connectivity index (χ1) is 9.61. The van der Waals surface area contributed by atoms with Gasteiger partial charge in [-0.05, 0) is 37.6 Å². The van der Waals surface area contributed by atoms with Gasteiger partial charge in [-0.3, -0.25) is 4.57 Å². The monoisotopic (exact) mass is 271 g/mol. The minimum absolute atomic E-state index is 0.113. The summed E-state index contributed by atoms with van der Waals surface area (Å²) in [4.78, 5) is 15.6. The van der Waals surface area contributed by atoms with Gasteiger partial charge in [0.2, 0.25) is 0 Å². The zero-order chi connectivity index (χ0) is 14.5. The lowest BCUT2D eigenvalue weighted by Crippen LogP contribution is -2.31. The molecular weight excluding hydrogens is 250 g/mol. The molecule has 1 aromatic carbocycles. The van der Waals surface area contributed by atoms with Crippen LogP contribution >= 0.6 is 0 Å². The molecule has 0 radical (unpaired) electrons. The lowest BCUT2D eigenvalue weighted by molar-refractivity contribution is 0.460. The first-order valence-electron chi connectivity index (χ1n) is 6.93. The fourth-order valence-electron chi connectivity index (χ4n) is 2.38. The number of nitrogens with zero attached hydrogens (tertiary/aromatic N) is 2. The molecule has 0 amide bonds. The van der Waals surface area contributed by atoms with Crippen LogP contribution in [0.25, 0.3) is 0 Å². The van der Waals surface area contributed by atoms with Crippen LogP contribution in [0.2, 0.25) is 0 Å². The van der Waals surface area contributed by atoms with E-state index in [0.717, 1.165) is 6.54 Å². The highest BCUT2D eigenvalue weighted by molar-refractivity contribution is 5.33. The van der Waals surface area contributed by atoms with Crippen molar-refractivity contribution >= 4 is 0 Å². The molecule has 1 heterocycles. The summed E-state index contributed by atoms with van der Waals surface area (Å²) in [6, 6.07) is 8.32. The molecular formula is C16H21N3O. The van der Waals surface area contributed by atoms with Gasteiger partial charge in [0, 0.05) is 18.9 Å². The number of likely N-dealkylation sites (N-methyl/N-ethyl adjacent to an activating group) is 1. The van der Waals surface area contributed by atoms with E-state index >= 15 is 0 Å². The van der Waals surface area contributed by atoms with Crippen LogP contribution in [0, 0.1) is 13.8 Å². The number of nitrogens with one attached hydrogen (secondary N) is 1. The van der Waals surface area contributed by atoms with Gasteiger partial charge in [0.25, 0.3) is 0 Å². The van der Waals surface area contributed by atoms with Gasteiger partial charge in [-0.25, -0.2) is 9.78 Å². The normalized spacial score (nSPS) is 12.3. The van der Waals surface area contributed by atoms with Gasteiger partial charge in [0.05, 0.1) is 6.04 Å². The van der Waals surface area contributed by atoms with Gasteiger partial charge in [0.1, 0.15) is 0 Å². The van der Waals surface area contributed by atoms with Gasteiger partial charge < -0.3 is 5.32 Å². The Labute approximate surface area is 119 Å². The maximum Gasteiger partial charge on any atom is 0.347 e. The zero-order valence-electron chi connectivity index (χ0n) is 12.3. The average Bonchev–Trinajstić information content (AvgIpc) is 2.43. The first-order valence-corrected chi connectivity index (χ1v) is 6.93. The Balaban J connectivity index is 2.34. The molecule has 0 spiro atoms. The summed E-state index contributed by atoms with van der Waals surface area (Å²) in [7, 11) is 0. The molecule has 0 saturated carbocycles. The molecule has 0 bridgehead atoms. The van der Waals surface area contributed by atoms with Crippen LogP contribution in [0.4, 0.5) is 0 Å². The Hall–Kier alpha value is -1.94. The maximum atomic E-state index is 11.8. The molecule has 1 N–H and O–H groups in total. The van der Waals surface area contributed by atoms with Crippen LogP contribution in [0.1, 0.15) is 29.7 Å². The lowest BCUT2D eigenvalue weighted by Gasteiger charge is -2.21. The SMILES string of the molecule is CCNC(Cn1cccnc1=O)c1cc(C)ccc1C. The molecule has 1 unspecified atom stereocenters. The third-order valence-corrected chi connectivity index (χ3v) is 3.42. The molecule has 0 aliphatic carbocycles. The molecule has 1 aromatic heterocycles. The van der Waals surface area contributed by atoms with Crippen molar-refractivity contribution in [3.63, 3.8) is 0 Å². The second-order valence-electron chi connectivity index (χ2n) is 5.02. The molecule has 0 fully saturated rings. The second-order valence-corrected chi connectivity index (χ2v) is 5.02. The molecule has 2 aromatic rings. The number of aromatic nitrogens is 2. The van der Waals surface area contributed by atoms with Crippen molar-refractivity contribution in [1.29, 1.82) is 0 Å². The quantitative estimate of drug-likeness (QED) is 0.907. The Morgan fingerprint density at radius 1 is 1.35 bits per heavy atom. The van der Waals surface area contributed by atoms with E-state index in [1.165, 1.54) is 22.9 Å². The van der Waals surface area contributed by atoms with Gasteiger partial charge >= 0.3 is 5.69 Å². The Bertz CT molecular complexity index is 634. The van der Waals surface area contributed by atoms with Crippen LogP contribution < -0.4 is 11.0 Å². The van der Waals surface area contributed by atoms with E-state index in [-0.39, 0.29) is 11.7 Å². The van der Waals surface area contributed by atoms with Gasteiger partial charge in [-0.15, -0.1) is 0 Å². The predicted octanol–water partition coefficient (Wildman–Crippen LogP) is 2.21. The van der Waals surface area contributed by atoms with Crippen LogP contribution in [0.3, 0.4) is 0 Å². The fourth-order valence-corrected chi connectivity index (χ4v) is 2.38. The highest BCUT2D eigenvalue weighted by atomic mass is 16.1. The third-order valence-electron chi connectivity index (χ3n) is 3.42. The summed E-state index contributed by atoms with van der Waals surface area (Å²) in [5, 5.41) is 3.46. The minimum Gasteiger partial charge on any atom is -0.309 e. The highest BCUT2D eigenvalue weighted by Gasteiger charge is 2.14. The van der Waals surface area contributed by atoms with E-state index in [1.807, 2.05) is 0 Å². The number of benzene rings is 1. The number of hydrogen-bond donors (Lipinski definition) is 1. The van der Waals surface area contributed by atoms with Crippen molar-refractivity contribution in [3.05, 3.63) is 63.8 Å². The van der Waals surface area contributed by atoms with Crippen LogP contribution in [-0.2, 0) is 6.54 Å². The van der Waals surface area contributed by atoms with Gasteiger partial charge in [-0.2, -0.15) is 0 Å². The first kappa shape index (κ1) is 14.5. The van der Waals surface area contributed by atoms with Crippen LogP contribution in [0.15, 0.2) is 41.5 Å². The zero-order valence-corrected chi connectivity index (χ0v) is 12.3. The highest BCUT2D eigenvalue weighted by Crippen LogP contribution is 2.20. The Morgan fingerprint density at radius 2 is 2.15 bits per heavy atom. The largest absolute Gasteiger partial charge is 0.347 e. The lowest BCUT2D eigenvalue weighted by atomic mass is 9.98. The minimum atomic E-state index is -0.208. The summed E-state index contributed by atoms with van der Waals surface area (Å²) in [5.74, 6) is 0. The fraction of sp³-hybridized carbons (Fsp3) is 0.375. The Morgan fingerprint density at radius 3 is 2.85 bits per heavy atom. The summed E-state index contributed by atoms with van der Waals surface area (Å²) in [6.07, 6.45) is 3.31. The topological polar surface area (TPSA) is 46.9 Å². The molecule has 0 aliphatic rings. The van der Waals surface area contributed by atoms with E-state index in [4.69, 9.17) is 0 Å². The van der Waals surface area contributed by atoms with Crippen molar-refractivity contribution in [2.75, 3.05) is 6.54 Å². The number of hydrogen-bond acceptors (Lipinski definition) is 3. The summed E-state index contributed by atoms with van der Waals surface area (Å²) in [6.45, 7) is 7.70. The molecule has 2 rings (SSSR count). The van der Waals surface area contributed by atoms with E-state index in [1.54, 1.807) is 16.8 Å². The molecule has 0 saturated heterocycles. The van der Waals surface area contributed by atoms with Crippen LogP contribution in [-0.4, -0.2) is 16.1 Å². The average molecular weight is 271 g/mol.